The first kappa shape index (κ1) is 19.9. The molecule has 1 N–H and O–H groups in total. The Balaban J connectivity index is 1.57. The van der Waals surface area contributed by atoms with Crippen LogP contribution < -0.4 is 10.2 Å². The van der Waals surface area contributed by atoms with E-state index in [2.05, 4.69) is 42.4 Å². The minimum Gasteiger partial charge on any atom is -0.483 e. The van der Waals surface area contributed by atoms with Crippen LogP contribution in [0.5, 0.6) is 5.75 Å². The molecular formula is C20H16Br2N2O2S. The van der Waals surface area contributed by atoms with Gasteiger partial charge in [-0.15, -0.1) is 11.8 Å². The molecule has 0 saturated heterocycles. The van der Waals surface area contributed by atoms with E-state index in [4.69, 9.17) is 4.74 Å². The minimum atomic E-state index is -0.324. The third-order valence-corrected chi connectivity index (χ3v) is 5.81. The summed E-state index contributed by atoms with van der Waals surface area (Å²) in [5, 5.41) is 6.05. The molecule has 0 spiro atoms. The van der Waals surface area contributed by atoms with Gasteiger partial charge in [0.1, 0.15) is 5.75 Å². The van der Waals surface area contributed by atoms with Crippen LogP contribution in [-0.4, -0.2) is 25.0 Å². The van der Waals surface area contributed by atoms with Gasteiger partial charge < -0.3 is 4.74 Å². The zero-order valence-corrected chi connectivity index (χ0v) is 18.4. The van der Waals surface area contributed by atoms with E-state index >= 15 is 0 Å². The molecule has 4 nitrogen and oxygen atoms in total. The number of hydrazone groups is 1. The van der Waals surface area contributed by atoms with Gasteiger partial charge in [0.05, 0.1) is 10.7 Å². The van der Waals surface area contributed by atoms with Gasteiger partial charge in [-0.05, 0) is 68.9 Å². The highest BCUT2D eigenvalue weighted by Gasteiger charge is 2.09. The molecule has 0 aliphatic heterocycles. The summed E-state index contributed by atoms with van der Waals surface area (Å²) in [4.78, 5) is 13.1. The lowest BCUT2D eigenvalue weighted by Gasteiger charge is -2.10. The van der Waals surface area contributed by atoms with Gasteiger partial charge in [-0.2, -0.15) is 5.10 Å². The molecular weight excluding hydrogens is 492 g/mol. The van der Waals surface area contributed by atoms with Crippen molar-refractivity contribution in [1.29, 1.82) is 0 Å². The maximum absolute atomic E-state index is 12.0. The van der Waals surface area contributed by atoms with Gasteiger partial charge >= 0.3 is 0 Å². The van der Waals surface area contributed by atoms with Gasteiger partial charge in [0, 0.05) is 9.37 Å². The molecule has 0 radical (unpaired) electrons. The Kier molecular flexibility index (Phi) is 6.93. The van der Waals surface area contributed by atoms with Crippen LogP contribution >= 0.6 is 43.6 Å². The van der Waals surface area contributed by atoms with Crippen molar-refractivity contribution in [3.05, 3.63) is 69.1 Å². The highest BCUT2D eigenvalue weighted by Crippen LogP contribution is 2.34. The zero-order chi connectivity index (χ0) is 19.2. The molecule has 0 fully saturated rings. The number of fused-ring (bicyclic) bond motifs is 1. The third kappa shape index (κ3) is 5.34. The van der Waals surface area contributed by atoms with Crippen molar-refractivity contribution >= 4 is 66.5 Å². The van der Waals surface area contributed by atoms with Crippen LogP contribution in [0.25, 0.3) is 10.8 Å². The van der Waals surface area contributed by atoms with E-state index < -0.39 is 0 Å². The monoisotopic (exact) mass is 506 g/mol. The van der Waals surface area contributed by atoms with Crippen molar-refractivity contribution < 1.29 is 9.53 Å². The van der Waals surface area contributed by atoms with Gasteiger partial charge in [-0.1, -0.05) is 40.2 Å². The number of nitrogens with zero attached hydrogens (tertiary/aromatic N) is 1. The van der Waals surface area contributed by atoms with Crippen molar-refractivity contribution in [2.45, 2.75) is 4.90 Å². The number of rotatable bonds is 6. The molecule has 0 unspecified atom stereocenters. The predicted molar refractivity (Wildman–Crippen MR) is 119 cm³/mol. The number of carbonyl (C=O) groups excluding carboxylic acids is 1. The van der Waals surface area contributed by atoms with Crippen molar-refractivity contribution in [3.8, 4) is 5.75 Å². The summed E-state index contributed by atoms with van der Waals surface area (Å²) < 4.78 is 7.45. The Labute approximate surface area is 178 Å². The van der Waals surface area contributed by atoms with Crippen LogP contribution in [0.2, 0.25) is 0 Å². The van der Waals surface area contributed by atoms with E-state index in [1.54, 1.807) is 18.0 Å². The molecule has 0 heterocycles. The second-order valence-corrected chi connectivity index (χ2v) is 8.19. The maximum atomic E-state index is 12.0. The number of nitrogens with one attached hydrogen (secondary N) is 1. The van der Waals surface area contributed by atoms with E-state index in [9.17, 15) is 4.79 Å². The Morgan fingerprint density at radius 2 is 1.93 bits per heavy atom. The minimum absolute atomic E-state index is 0.122. The number of thioether (sulfide) groups is 1. The third-order valence-electron chi connectivity index (χ3n) is 3.76. The first-order chi connectivity index (χ1) is 13.1. The van der Waals surface area contributed by atoms with Crippen LogP contribution in [0.4, 0.5) is 0 Å². The molecule has 27 heavy (non-hydrogen) atoms. The molecule has 0 aromatic heterocycles. The number of carbonyl (C=O) groups is 1. The van der Waals surface area contributed by atoms with Gasteiger partial charge in [0.2, 0.25) is 0 Å². The Bertz CT molecular complexity index is 991. The van der Waals surface area contributed by atoms with Crippen LogP contribution in [-0.2, 0) is 4.79 Å². The van der Waals surface area contributed by atoms with Gasteiger partial charge in [-0.25, -0.2) is 5.43 Å². The topological polar surface area (TPSA) is 50.7 Å². The zero-order valence-electron chi connectivity index (χ0n) is 14.4. The van der Waals surface area contributed by atoms with Crippen molar-refractivity contribution in [2.75, 3.05) is 12.9 Å². The second-order valence-electron chi connectivity index (χ2n) is 5.60. The number of benzene rings is 3. The standard InChI is InChI=1S/C20H16Br2N2O2S/c1-27-16-6-2-13(3-7-16)11-23-24-19(25)12-26-18-9-4-14-10-15(21)5-8-17(14)20(18)22/h2-11H,12H2,1H3,(H,24,25). The summed E-state index contributed by atoms with van der Waals surface area (Å²) in [5.74, 6) is 0.284. The van der Waals surface area contributed by atoms with Gasteiger partial charge in [0.15, 0.2) is 6.61 Å². The highest BCUT2D eigenvalue weighted by molar-refractivity contribution is 9.11. The lowest BCUT2D eigenvalue weighted by Crippen LogP contribution is -2.24. The van der Waals surface area contributed by atoms with E-state index in [0.717, 1.165) is 25.3 Å². The van der Waals surface area contributed by atoms with E-state index in [0.29, 0.717) is 5.75 Å². The summed E-state index contributed by atoms with van der Waals surface area (Å²) in [6.07, 6.45) is 3.63. The number of halogens is 2. The molecule has 0 bridgehead atoms. The number of hydrogen-bond donors (Lipinski definition) is 1. The molecule has 0 atom stereocenters. The van der Waals surface area contributed by atoms with Crippen molar-refractivity contribution in [1.82, 2.24) is 5.43 Å². The smallest absolute Gasteiger partial charge is 0.277 e. The molecule has 3 aromatic carbocycles. The van der Waals surface area contributed by atoms with Crippen molar-refractivity contribution in [3.63, 3.8) is 0 Å². The average Bonchev–Trinajstić information content (AvgIpc) is 2.68. The quantitative estimate of drug-likeness (QED) is 0.268. The highest BCUT2D eigenvalue weighted by atomic mass is 79.9. The molecule has 0 aliphatic carbocycles. The molecule has 1 amide bonds. The van der Waals surface area contributed by atoms with Gasteiger partial charge in [0.25, 0.3) is 5.91 Å². The first-order valence-electron chi connectivity index (χ1n) is 8.03. The van der Waals surface area contributed by atoms with Crippen LogP contribution in [0.3, 0.4) is 0 Å². The van der Waals surface area contributed by atoms with Crippen molar-refractivity contribution in [2.24, 2.45) is 5.10 Å². The number of hydrogen-bond acceptors (Lipinski definition) is 4. The molecule has 3 aromatic rings. The fourth-order valence-corrected chi connectivity index (χ4v) is 3.79. The van der Waals surface area contributed by atoms with E-state index in [1.165, 1.54) is 4.90 Å². The number of ether oxygens (including phenoxy) is 1. The lowest BCUT2D eigenvalue weighted by atomic mass is 10.1. The second kappa shape index (κ2) is 9.39. The molecule has 0 aliphatic rings. The lowest BCUT2D eigenvalue weighted by molar-refractivity contribution is -0.123. The summed E-state index contributed by atoms with van der Waals surface area (Å²) in [7, 11) is 0. The molecule has 7 heteroatoms. The van der Waals surface area contributed by atoms with Crippen LogP contribution in [0, 0.1) is 0 Å². The number of amides is 1. The first-order valence-corrected chi connectivity index (χ1v) is 10.8. The SMILES string of the molecule is CSc1ccc(C=NNC(=O)COc2ccc3cc(Br)ccc3c2Br)cc1. The van der Waals surface area contributed by atoms with E-state index in [1.807, 2.05) is 60.9 Å². The Morgan fingerprint density at radius 3 is 2.67 bits per heavy atom. The summed E-state index contributed by atoms with van der Waals surface area (Å²) in [5.41, 5.74) is 3.39. The normalized spacial score (nSPS) is 11.1. The fraction of sp³-hybridized carbons (Fsp3) is 0.100. The summed E-state index contributed by atoms with van der Waals surface area (Å²) in [6.45, 7) is -0.122. The molecule has 138 valence electrons. The maximum Gasteiger partial charge on any atom is 0.277 e. The van der Waals surface area contributed by atoms with E-state index in [-0.39, 0.29) is 12.5 Å². The van der Waals surface area contributed by atoms with Gasteiger partial charge in [-0.3, -0.25) is 4.79 Å². The average molecular weight is 508 g/mol. The largest absolute Gasteiger partial charge is 0.483 e. The summed E-state index contributed by atoms with van der Waals surface area (Å²) in [6, 6.07) is 17.7. The summed E-state index contributed by atoms with van der Waals surface area (Å²) >= 11 is 8.68. The molecule has 0 saturated carbocycles. The molecule has 3 rings (SSSR count). The fourth-order valence-electron chi connectivity index (χ4n) is 2.40. The van der Waals surface area contributed by atoms with Crippen LogP contribution in [0.1, 0.15) is 5.56 Å². The Hall–Kier alpha value is -1.83. The van der Waals surface area contributed by atoms with Crippen LogP contribution in [0.15, 0.2) is 73.5 Å². The Morgan fingerprint density at radius 1 is 1.15 bits per heavy atom. The predicted octanol–water partition coefficient (Wildman–Crippen LogP) is 5.62.